The first kappa shape index (κ1) is 13.5. The number of hydrogen-bond donors (Lipinski definition) is 1. The lowest BCUT2D eigenvalue weighted by molar-refractivity contribution is 0.198. The van der Waals surface area contributed by atoms with Gasteiger partial charge in [-0.3, -0.25) is 0 Å². The Kier molecular flexibility index (Phi) is 6.46. The molecular formula is C13H20ClNO. The molecule has 0 radical (unpaired) electrons. The van der Waals surface area contributed by atoms with Gasteiger partial charge in [0, 0.05) is 18.7 Å². The number of hydrogen-bond acceptors (Lipinski definition) is 2. The Hall–Kier alpha value is -0.570. The lowest BCUT2D eigenvalue weighted by Gasteiger charge is -2.13. The van der Waals surface area contributed by atoms with E-state index in [9.17, 15) is 0 Å². The molecule has 0 fully saturated rings. The van der Waals surface area contributed by atoms with E-state index in [1.54, 1.807) is 7.11 Å². The molecule has 90 valence electrons. The average molecular weight is 242 g/mol. The van der Waals surface area contributed by atoms with Gasteiger partial charge in [0.2, 0.25) is 0 Å². The van der Waals surface area contributed by atoms with Crippen molar-refractivity contribution in [1.29, 1.82) is 0 Å². The standard InChI is InChI=1S/C13H20ClNO/c1-11(10-15-7-8-16-2)9-12-5-3-4-6-13(12)14/h3-6,11,15H,7-10H2,1-2H3. The predicted octanol–water partition coefficient (Wildman–Crippen LogP) is 2.75. The van der Waals surface area contributed by atoms with E-state index in [0.29, 0.717) is 5.92 Å². The minimum atomic E-state index is 0.580. The minimum absolute atomic E-state index is 0.580. The van der Waals surface area contributed by atoms with Crippen LogP contribution in [0.3, 0.4) is 0 Å². The SMILES string of the molecule is COCCNCC(C)Cc1ccccc1Cl. The monoisotopic (exact) mass is 241 g/mol. The molecule has 0 bridgehead atoms. The molecule has 0 saturated heterocycles. The number of halogens is 1. The van der Waals surface area contributed by atoms with E-state index in [-0.39, 0.29) is 0 Å². The molecule has 0 spiro atoms. The number of ether oxygens (including phenoxy) is 1. The van der Waals surface area contributed by atoms with Crippen molar-refractivity contribution in [3.8, 4) is 0 Å². The van der Waals surface area contributed by atoms with E-state index in [1.165, 1.54) is 5.56 Å². The summed E-state index contributed by atoms with van der Waals surface area (Å²) in [5.41, 5.74) is 1.23. The second-order valence-electron chi connectivity index (χ2n) is 4.10. The highest BCUT2D eigenvalue weighted by molar-refractivity contribution is 6.31. The molecule has 0 aromatic heterocycles. The van der Waals surface area contributed by atoms with Crippen molar-refractivity contribution in [1.82, 2.24) is 5.32 Å². The molecule has 0 amide bonds. The third-order valence-corrected chi connectivity index (χ3v) is 2.87. The summed E-state index contributed by atoms with van der Waals surface area (Å²) in [6.45, 7) is 4.89. The van der Waals surface area contributed by atoms with E-state index >= 15 is 0 Å². The molecule has 0 aliphatic heterocycles. The quantitative estimate of drug-likeness (QED) is 0.742. The highest BCUT2D eigenvalue weighted by Crippen LogP contribution is 2.18. The highest BCUT2D eigenvalue weighted by atomic mass is 35.5. The van der Waals surface area contributed by atoms with Gasteiger partial charge in [-0.2, -0.15) is 0 Å². The molecular weight excluding hydrogens is 222 g/mol. The molecule has 1 unspecified atom stereocenters. The third kappa shape index (κ3) is 4.97. The summed E-state index contributed by atoms with van der Waals surface area (Å²) in [4.78, 5) is 0. The Morgan fingerprint density at radius 1 is 1.38 bits per heavy atom. The van der Waals surface area contributed by atoms with E-state index in [1.807, 2.05) is 18.2 Å². The van der Waals surface area contributed by atoms with Gasteiger partial charge in [0.05, 0.1) is 6.61 Å². The molecule has 0 heterocycles. The van der Waals surface area contributed by atoms with E-state index in [0.717, 1.165) is 31.1 Å². The van der Waals surface area contributed by atoms with Crippen molar-refractivity contribution in [2.45, 2.75) is 13.3 Å². The second-order valence-corrected chi connectivity index (χ2v) is 4.50. The molecule has 1 atom stereocenters. The molecule has 0 saturated carbocycles. The summed E-state index contributed by atoms with van der Waals surface area (Å²) in [5.74, 6) is 0.580. The fourth-order valence-electron chi connectivity index (χ4n) is 1.63. The van der Waals surface area contributed by atoms with Crippen LogP contribution in [0.5, 0.6) is 0 Å². The van der Waals surface area contributed by atoms with Crippen LogP contribution in [0.2, 0.25) is 5.02 Å². The summed E-state index contributed by atoms with van der Waals surface area (Å²) < 4.78 is 4.98. The number of nitrogens with one attached hydrogen (secondary N) is 1. The van der Waals surface area contributed by atoms with Gasteiger partial charge in [0.1, 0.15) is 0 Å². The van der Waals surface area contributed by atoms with Crippen molar-refractivity contribution >= 4 is 11.6 Å². The third-order valence-electron chi connectivity index (χ3n) is 2.50. The van der Waals surface area contributed by atoms with Crippen LogP contribution in [0.4, 0.5) is 0 Å². The van der Waals surface area contributed by atoms with Gasteiger partial charge < -0.3 is 10.1 Å². The van der Waals surface area contributed by atoms with Gasteiger partial charge in [0.25, 0.3) is 0 Å². The second kappa shape index (κ2) is 7.66. The summed E-state index contributed by atoms with van der Waals surface area (Å²) in [6.07, 6.45) is 1.01. The van der Waals surface area contributed by atoms with Gasteiger partial charge >= 0.3 is 0 Å². The number of benzene rings is 1. The Balaban J connectivity index is 2.28. The fraction of sp³-hybridized carbons (Fsp3) is 0.538. The van der Waals surface area contributed by atoms with Crippen LogP contribution in [-0.2, 0) is 11.2 Å². The first-order valence-corrected chi connectivity index (χ1v) is 6.05. The van der Waals surface area contributed by atoms with Crippen molar-refractivity contribution in [3.05, 3.63) is 34.9 Å². The van der Waals surface area contributed by atoms with Crippen LogP contribution < -0.4 is 5.32 Å². The van der Waals surface area contributed by atoms with Gasteiger partial charge in [-0.25, -0.2) is 0 Å². The maximum atomic E-state index is 6.11. The fourth-order valence-corrected chi connectivity index (χ4v) is 1.85. The van der Waals surface area contributed by atoms with Crippen LogP contribution in [0.1, 0.15) is 12.5 Å². The summed E-state index contributed by atoms with van der Waals surface area (Å²) >= 11 is 6.11. The molecule has 0 aliphatic carbocycles. The summed E-state index contributed by atoms with van der Waals surface area (Å²) in [7, 11) is 1.72. The topological polar surface area (TPSA) is 21.3 Å². The maximum Gasteiger partial charge on any atom is 0.0587 e. The van der Waals surface area contributed by atoms with Crippen LogP contribution in [0.15, 0.2) is 24.3 Å². The van der Waals surface area contributed by atoms with E-state index < -0.39 is 0 Å². The number of methoxy groups -OCH3 is 1. The van der Waals surface area contributed by atoms with Gasteiger partial charge in [-0.15, -0.1) is 0 Å². The molecule has 1 aromatic rings. The Labute approximate surface area is 103 Å². The van der Waals surface area contributed by atoms with Crippen molar-refractivity contribution in [3.63, 3.8) is 0 Å². The average Bonchev–Trinajstić information content (AvgIpc) is 2.28. The van der Waals surface area contributed by atoms with Crippen LogP contribution in [-0.4, -0.2) is 26.8 Å². The Morgan fingerprint density at radius 2 is 2.12 bits per heavy atom. The van der Waals surface area contributed by atoms with Gasteiger partial charge in [-0.1, -0.05) is 36.7 Å². The molecule has 1 N–H and O–H groups in total. The summed E-state index contributed by atoms with van der Waals surface area (Å²) in [5, 5.41) is 4.22. The molecule has 3 heteroatoms. The first-order valence-electron chi connectivity index (χ1n) is 5.67. The van der Waals surface area contributed by atoms with Crippen LogP contribution >= 0.6 is 11.6 Å². The molecule has 0 aliphatic rings. The zero-order chi connectivity index (χ0) is 11.8. The zero-order valence-electron chi connectivity index (χ0n) is 10.0. The first-order chi connectivity index (χ1) is 7.74. The lowest BCUT2D eigenvalue weighted by Crippen LogP contribution is -2.25. The van der Waals surface area contributed by atoms with Crippen molar-refractivity contribution in [2.24, 2.45) is 5.92 Å². The van der Waals surface area contributed by atoms with Crippen LogP contribution in [0.25, 0.3) is 0 Å². The maximum absolute atomic E-state index is 6.11. The highest BCUT2D eigenvalue weighted by Gasteiger charge is 2.05. The molecule has 1 rings (SSSR count). The lowest BCUT2D eigenvalue weighted by atomic mass is 10.0. The molecule has 16 heavy (non-hydrogen) atoms. The normalized spacial score (nSPS) is 12.7. The Bertz CT molecular complexity index is 304. The van der Waals surface area contributed by atoms with Gasteiger partial charge in [0.15, 0.2) is 0 Å². The van der Waals surface area contributed by atoms with Crippen molar-refractivity contribution < 1.29 is 4.74 Å². The molecule has 1 aromatic carbocycles. The minimum Gasteiger partial charge on any atom is -0.383 e. The van der Waals surface area contributed by atoms with Crippen molar-refractivity contribution in [2.75, 3.05) is 26.8 Å². The molecule has 2 nitrogen and oxygen atoms in total. The largest absolute Gasteiger partial charge is 0.383 e. The van der Waals surface area contributed by atoms with E-state index in [2.05, 4.69) is 18.3 Å². The van der Waals surface area contributed by atoms with Gasteiger partial charge in [-0.05, 0) is 30.5 Å². The number of rotatable bonds is 7. The zero-order valence-corrected chi connectivity index (χ0v) is 10.8. The van der Waals surface area contributed by atoms with E-state index in [4.69, 9.17) is 16.3 Å². The van der Waals surface area contributed by atoms with Crippen LogP contribution in [0, 0.1) is 5.92 Å². The summed E-state index contributed by atoms with van der Waals surface area (Å²) in [6, 6.07) is 8.04. The smallest absolute Gasteiger partial charge is 0.0587 e. The Morgan fingerprint density at radius 3 is 2.81 bits per heavy atom. The predicted molar refractivity (Wildman–Crippen MR) is 69.1 cm³/mol.